The van der Waals surface area contributed by atoms with Gasteiger partial charge in [-0.05, 0) is 72.6 Å². The SMILES string of the molecule is CCOc1cc(C=Nn2c(-c3cccc(C(F)(F)F)c3)nc3ccccc3c2=O)ccc1OCc1cccc(C(=O)O)c1. The molecule has 1 heterocycles. The number of carboxylic acid groups (broad SMARTS) is 1. The summed E-state index contributed by atoms with van der Waals surface area (Å²) < 4.78 is 53.0. The minimum absolute atomic E-state index is 0.0559. The lowest BCUT2D eigenvalue weighted by Crippen LogP contribution is -2.20. The minimum atomic E-state index is -4.58. The zero-order valence-corrected chi connectivity index (χ0v) is 22.7. The molecule has 0 saturated heterocycles. The highest BCUT2D eigenvalue weighted by molar-refractivity contribution is 5.87. The smallest absolute Gasteiger partial charge is 0.416 e. The predicted octanol–water partition coefficient (Wildman–Crippen LogP) is 6.64. The van der Waals surface area contributed by atoms with E-state index in [1.807, 2.05) is 0 Å². The molecule has 0 radical (unpaired) electrons. The van der Waals surface area contributed by atoms with Crippen molar-refractivity contribution in [2.24, 2.45) is 5.10 Å². The summed E-state index contributed by atoms with van der Waals surface area (Å²) >= 11 is 0. The number of para-hydroxylation sites is 1. The van der Waals surface area contributed by atoms with Crippen molar-refractivity contribution >= 4 is 23.1 Å². The molecule has 5 rings (SSSR count). The fraction of sp³-hybridized carbons (Fsp3) is 0.125. The Morgan fingerprint density at radius 1 is 0.953 bits per heavy atom. The van der Waals surface area contributed by atoms with Gasteiger partial charge < -0.3 is 14.6 Å². The molecule has 0 aliphatic rings. The number of fused-ring (bicyclic) bond motifs is 1. The summed E-state index contributed by atoms with van der Waals surface area (Å²) in [6, 6.07) is 22.4. The van der Waals surface area contributed by atoms with Crippen LogP contribution >= 0.6 is 0 Å². The van der Waals surface area contributed by atoms with E-state index < -0.39 is 23.3 Å². The van der Waals surface area contributed by atoms with Gasteiger partial charge in [0.1, 0.15) is 6.61 Å². The van der Waals surface area contributed by atoms with Gasteiger partial charge in [-0.3, -0.25) is 4.79 Å². The average Bonchev–Trinajstić information content (AvgIpc) is 3.00. The van der Waals surface area contributed by atoms with Crippen LogP contribution < -0.4 is 15.0 Å². The highest BCUT2D eigenvalue weighted by atomic mass is 19.4. The van der Waals surface area contributed by atoms with Crippen LogP contribution in [0.3, 0.4) is 0 Å². The van der Waals surface area contributed by atoms with E-state index in [1.165, 1.54) is 30.5 Å². The second-order valence-corrected chi connectivity index (χ2v) is 9.33. The van der Waals surface area contributed by atoms with E-state index in [9.17, 15) is 27.9 Å². The Balaban J connectivity index is 1.50. The van der Waals surface area contributed by atoms with Gasteiger partial charge in [-0.1, -0.05) is 36.4 Å². The van der Waals surface area contributed by atoms with Crippen LogP contribution in [0.15, 0.2) is 101 Å². The summed E-state index contributed by atoms with van der Waals surface area (Å²) in [4.78, 5) is 29.2. The number of hydrogen-bond acceptors (Lipinski definition) is 6. The zero-order valence-electron chi connectivity index (χ0n) is 22.7. The molecule has 11 heteroatoms. The molecule has 0 amide bonds. The number of ether oxygens (including phenoxy) is 2. The van der Waals surface area contributed by atoms with Gasteiger partial charge in [-0.25, -0.2) is 9.78 Å². The first-order valence-electron chi connectivity index (χ1n) is 13.1. The number of alkyl halides is 3. The molecule has 0 spiro atoms. The Kier molecular flexibility index (Phi) is 8.24. The van der Waals surface area contributed by atoms with Gasteiger partial charge in [-0.2, -0.15) is 22.9 Å². The van der Waals surface area contributed by atoms with Crippen molar-refractivity contribution in [2.45, 2.75) is 19.7 Å². The normalized spacial score (nSPS) is 11.6. The van der Waals surface area contributed by atoms with Gasteiger partial charge in [0.2, 0.25) is 0 Å². The van der Waals surface area contributed by atoms with Crippen LogP contribution in [0, 0.1) is 0 Å². The molecular weight excluding hydrogens is 563 g/mol. The molecular formula is C32H24F3N3O5. The number of benzene rings is 4. The number of aromatic nitrogens is 2. The molecule has 0 aliphatic heterocycles. The topological polar surface area (TPSA) is 103 Å². The van der Waals surface area contributed by atoms with E-state index >= 15 is 0 Å². The van der Waals surface area contributed by atoms with E-state index in [-0.39, 0.29) is 28.9 Å². The van der Waals surface area contributed by atoms with Crippen LogP contribution in [-0.4, -0.2) is 33.6 Å². The van der Waals surface area contributed by atoms with E-state index in [0.717, 1.165) is 16.8 Å². The third-order valence-electron chi connectivity index (χ3n) is 6.36. The van der Waals surface area contributed by atoms with E-state index in [4.69, 9.17) is 9.47 Å². The first kappa shape index (κ1) is 29.1. The molecule has 0 saturated carbocycles. The van der Waals surface area contributed by atoms with E-state index in [2.05, 4.69) is 10.1 Å². The average molecular weight is 588 g/mol. The number of carbonyl (C=O) groups is 1. The van der Waals surface area contributed by atoms with Crippen LogP contribution in [0.5, 0.6) is 11.5 Å². The van der Waals surface area contributed by atoms with Crippen LogP contribution in [0.1, 0.15) is 34.0 Å². The molecule has 0 aliphatic carbocycles. The molecule has 5 aromatic rings. The number of carboxylic acids is 1. The molecule has 1 aromatic heterocycles. The maximum absolute atomic E-state index is 13.5. The molecule has 0 bridgehead atoms. The molecule has 0 atom stereocenters. The molecule has 218 valence electrons. The van der Waals surface area contributed by atoms with Crippen molar-refractivity contribution in [3.8, 4) is 22.9 Å². The summed E-state index contributed by atoms with van der Waals surface area (Å²) in [6.45, 7) is 2.20. The first-order valence-corrected chi connectivity index (χ1v) is 13.1. The largest absolute Gasteiger partial charge is 0.490 e. The number of aromatic carboxylic acids is 1. The number of halogens is 3. The maximum Gasteiger partial charge on any atom is 0.416 e. The summed E-state index contributed by atoms with van der Waals surface area (Å²) in [6.07, 6.45) is -3.21. The lowest BCUT2D eigenvalue weighted by atomic mass is 10.1. The molecule has 4 aromatic carbocycles. The summed E-state index contributed by atoms with van der Waals surface area (Å²) in [5.74, 6) is -0.325. The number of nitrogens with zero attached hydrogens (tertiary/aromatic N) is 3. The van der Waals surface area contributed by atoms with Crippen molar-refractivity contribution in [1.82, 2.24) is 9.66 Å². The maximum atomic E-state index is 13.5. The van der Waals surface area contributed by atoms with Gasteiger partial charge in [0.25, 0.3) is 5.56 Å². The van der Waals surface area contributed by atoms with E-state index in [0.29, 0.717) is 34.7 Å². The minimum Gasteiger partial charge on any atom is -0.490 e. The second kappa shape index (κ2) is 12.2. The Morgan fingerprint density at radius 2 is 1.74 bits per heavy atom. The summed E-state index contributed by atoms with van der Waals surface area (Å²) in [5, 5.41) is 13.8. The molecule has 0 fully saturated rings. The van der Waals surface area contributed by atoms with Crippen LogP contribution in [0.25, 0.3) is 22.3 Å². The zero-order chi connectivity index (χ0) is 30.6. The van der Waals surface area contributed by atoms with Crippen molar-refractivity contribution in [1.29, 1.82) is 0 Å². The van der Waals surface area contributed by atoms with Crippen molar-refractivity contribution < 1.29 is 32.5 Å². The standard InChI is InChI=1S/C32H24F3N3O5/c1-2-42-28-16-20(13-14-27(28)43-19-21-7-5-9-23(15-21)31(40)41)18-36-38-29(22-8-6-10-24(17-22)32(33,34)35)37-26-12-4-3-11-25(26)30(38)39/h3-18H,2,19H2,1H3,(H,40,41). The van der Waals surface area contributed by atoms with Gasteiger partial charge in [0, 0.05) is 5.56 Å². The summed E-state index contributed by atoms with van der Waals surface area (Å²) in [7, 11) is 0. The monoisotopic (exact) mass is 587 g/mol. The quantitative estimate of drug-likeness (QED) is 0.194. The van der Waals surface area contributed by atoms with Gasteiger partial charge >= 0.3 is 12.1 Å². The second-order valence-electron chi connectivity index (χ2n) is 9.33. The van der Waals surface area contributed by atoms with Gasteiger partial charge in [0.05, 0.1) is 34.9 Å². The van der Waals surface area contributed by atoms with Crippen molar-refractivity contribution in [3.05, 3.63) is 124 Å². The predicted molar refractivity (Wildman–Crippen MR) is 155 cm³/mol. The highest BCUT2D eigenvalue weighted by Crippen LogP contribution is 2.32. The lowest BCUT2D eigenvalue weighted by Gasteiger charge is -2.13. The Hall–Kier alpha value is -5.45. The highest BCUT2D eigenvalue weighted by Gasteiger charge is 2.31. The van der Waals surface area contributed by atoms with Gasteiger partial charge in [-0.15, -0.1) is 0 Å². The van der Waals surface area contributed by atoms with Crippen LogP contribution in [0.4, 0.5) is 13.2 Å². The summed E-state index contributed by atoms with van der Waals surface area (Å²) in [5.41, 5.74) is 0.260. The molecule has 0 unspecified atom stereocenters. The Bertz CT molecular complexity index is 1900. The third-order valence-corrected chi connectivity index (χ3v) is 6.36. The fourth-order valence-corrected chi connectivity index (χ4v) is 4.32. The number of rotatable bonds is 9. The van der Waals surface area contributed by atoms with Crippen molar-refractivity contribution in [3.63, 3.8) is 0 Å². The Morgan fingerprint density at radius 3 is 2.51 bits per heavy atom. The molecule has 43 heavy (non-hydrogen) atoms. The molecule has 1 N–H and O–H groups in total. The van der Waals surface area contributed by atoms with Gasteiger partial charge in [0.15, 0.2) is 17.3 Å². The van der Waals surface area contributed by atoms with Crippen LogP contribution in [0.2, 0.25) is 0 Å². The third kappa shape index (κ3) is 6.56. The fourth-order valence-electron chi connectivity index (χ4n) is 4.32. The first-order chi connectivity index (χ1) is 20.6. The Labute approximate surface area is 243 Å². The van der Waals surface area contributed by atoms with E-state index in [1.54, 1.807) is 61.5 Å². The lowest BCUT2D eigenvalue weighted by molar-refractivity contribution is -0.137. The van der Waals surface area contributed by atoms with Crippen molar-refractivity contribution in [2.75, 3.05) is 6.61 Å². The number of hydrogen-bond donors (Lipinski definition) is 1. The molecule has 8 nitrogen and oxygen atoms in total. The van der Waals surface area contributed by atoms with Crippen LogP contribution in [-0.2, 0) is 12.8 Å².